The second-order valence-corrected chi connectivity index (χ2v) is 4.98. The van der Waals surface area contributed by atoms with Crippen LogP contribution >= 0.6 is 0 Å². The molecule has 0 radical (unpaired) electrons. The van der Waals surface area contributed by atoms with Crippen LogP contribution in [0.25, 0.3) is 0 Å². The van der Waals surface area contributed by atoms with Gasteiger partial charge in [-0.3, -0.25) is 4.90 Å². The summed E-state index contributed by atoms with van der Waals surface area (Å²) in [5, 5.41) is 3.48. The first-order chi connectivity index (χ1) is 8.72. The number of furan rings is 1. The number of nitrogens with zero attached hydrogens (tertiary/aromatic N) is 1. The van der Waals surface area contributed by atoms with Crippen LogP contribution in [-0.2, 0) is 13.1 Å². The largest absolute Gasteiger partial charge is 0.463 e. The van der Waals surface area contributed by atoms with Crippen LogP contribution in [0, 0.1) is 19.3 Å². The van der Waals surface area contributed by atoms with Crippen LogP contribution in [0.2, 0.25) is 0 Å². The molecule has 1 fully saturated rings. The Labute approximate surface area is 110 Å². The highest BCUT2D eigenvalue weighted by atomic mass is 16.3. The monoisotopic (exact) mass is 246 g/mol. The summed E-state index contributed by atoms with van der Waals surface area (Å²) >= 11 is 0. The van der Waals surface area contributed by atoms with Crippen molar-refractivity contribution in [1.29, 1.82) is 0 Å². The SMILES string of the molecule is C#CCN(CC)Cc1cc(C)c(CNC2CC2)o1. The molecule has 0 atom stereocenters. The van der Waals surface area contributed by atoms with E-state index in [2.05, 4.69) is 36.1 Å². The molecule has 1 aromatic rings. The van der Waals surface area contributed by atoms with Crippen LogP contribution in [0.4, 0.5) is 0 Å². The van der Waals surface area contributed by atoms with E-state index in [1.807, 2.05) is 0 Å². The standard InChI is InChI=1S/C15H22N2O/c1-4-8-17(5-2)11-14-9-12(3)15(18-14)10-16-13-6-7-13/h1,9,13,16H,5-8,10-11H2,2-3H3. The third kappa shape index (κ3) is 3.63. The Kier molecular flexibility index (Phi) is 4.46. The normalized spacial score (nSPS) is 15.0. The lowest BCUT2D eigenvalue weighted by Gasteiger charge is -2.15. The smallest absolute Gasteiger partial charge is 0.120 e. The van der Waals surface area contributed by atoms with Gasteiger partial charge in [0.05, 0.1) is 19.6 Å². The van der Waals surface area contributed by atoms with Gasteiger partial charge in [-0.15, -0.1) is 6.42 Å². The predicted octanol–water partition coefficient (Wildman–Crippen LogP) is 2.30. The minimum absolute atomic E-state index is 0.673. The fourth-order valence-corrected chi connectivity index (χ4v) is 2.00. The van der Waals surface area contributed by atoms with Crippen LogP contribution < -0.4 is 5.32 Å². The molecule has 98 valence electrons. The number of aryl methyl sites for hydroxylation is 1. The number of rotatable bonds is 7. The van der Waals surface area contributed by atoms with Crippen molar-refractivity contribution >= 4 is 0 Å². The Bertz CT molecular complexity index is 426. The quantitative estimate of drug-likeness (QED) is 0.748. The molecule has 0 bridgehead atoms. The van der Waals surface area contributed by atoms with Gasteiger partial charge in [-0.05, 0) is 37.9 Å². The maximum Gasteiger partial charge on any atom is 0.120 e. The molecule has 18 heavy (non-hydrogen) atoms. The van der Waals surface area contributed by atoms with Gasteiger partial charge in [-0.2, -0.15) is 0 Å². The van der Waals surface area contributed by atoms with Gasteiger partial charge in [-0.1, -0.05) is 12.8 Å². The summed E-state index contributed by atoms with van der Waals surface area (Å²) in [4.78, 5) is 2.19. The average molecular weight is 246 g/mol. The van der Waals surface area contributed by atoms with E-state index in [4.69, 9.17) is 10.8 Å². The van der Waals surface area contributed by atoms with E-state index in [1.165, 1.54) is 18.4 Å². The van der Waals surface area contributed by atoms with Crippen LogP contribution in [0.3, 0.4) is 0 Å². The van der Waals surface area contributed by atoms with Gasteiger partial charge in [0.1, 0.15) is 11.5 Å². The second-order valence-electron chi connectivity index (χ2n) is 4.98. The zero-order chi connectivity index (χ0) is 13.0. The maximum absolute atomic E-state index is 5.90. The third-order valence-electron chi connectivity index (χ3n) is 3.34. The number of hydrogen-bond donors (Lipinski definition) is 1. The summed E-state index contributed by atoms with van der Waals surface area (Å²) in [5.74, 6) is 4.76. The van der Waals surface area contributed by atoms with E-state index >= 15 is 0 Å². The van der Waals surface area contributed by atoms with Crippen LogP contribution in [0.5, 0.6) is 0 Å². The molecule has 3 nitrogen and oxygen atoms in total. The van der Waals surface area contributed by atoms with Gasteiger partial charge in [0.2, 0.25) is 0 Å². The highest BCUT2D eigenvalue weighted by Crippen LogP contribution is 2.21. The highest BCUT2D eigenvalue weighted by molar-refractivity contribution is 5.20. The van der Waals surface area contributed by atoms with Gasteiger partial charge < -0.3 is 9.73 Å². The molecule has 2 rings (SSSR count). The molecule has 0 aromatic carbocycles. The van der Waals surface area contributed by atoms with Crippen molar-refractivity contribution in [2.24, 2.45) is 0 Å². The number of nitrogens with one attached hydrogen (secondary N) is 1. The first-order valence-electron chi connectivity index (χ1n) is 6.70. The van der Waals surface area contributed by atoms with Crippen LogP contribution in [0.15, 0.2) is 10.5 Å². The number of terminal acetylenes is 1. The van der Waals surface area contributed by atoms with E-state index < -0.39 is 0 Å². The van der Waals surface area contributed by atoms with Gasteiger partial charge in [0.15, 0.2) is 0 Å². The van der Waals surface area contributed by atoms with Crippen LogP contribution in [-0.4, -0.2) is 24.0 Å². The maximum atomic E-state index is 5.90. The lowest BCUT2D eigenvalue weighted by Crippen LogP contribution is -2.22. The van der Waals surface area contributed by atoms with Crippen molar-refractivity contribution in [3.8, 4) is 12.3 Å². The zero-order valence-corrected chi connectivity index (χ0v) is 11.3. The summed E-state index contributed by atoms with van der Waals surface area (Å²) in [6, 6.07) is 2.84. The molecule has 0 saturated heterocycles. The molecule has 0 aliphatic heterocycles. The second kappa shape index (κ2) is 6.08. The van der Waals surface area contributed by atoms with Crippen molar-refractivity contribution in [2.75, 3.05) is 13.1 Å². The molecule has 1 aromatic heterocycles. The summed E-state index contributed by atoms with van der Waals surface area (Å²) in [6.45, 7) is 7.48. The molecule has 3 heteroatoms. The van der Waals surface area contributed by atoms with Gasteiger partial charge in [-0.25, -0.2) is 0 Å². The van der Waals surface area contributed by atoms with Gasteiger partial charge in [0.25, 0.3) is 0 Å². The number of hydrogen-bond acceptors (Lipinski definition) is 3. The summed E-state index contributed by atoms with van der Waals surface area (Å²) in [7, 11) is 0. The van der Waals surface area contributed by atoms with E-state index in [1.54, 1.807) is 0 Å². The Hall–Kier alpha value is -1.24. The minimum atomic E-state index is 0.673. The Morgan fingerprint density at radius 1 is 1.56 bits per heavy atom. The molecule has 1 N–H and O–H groups in total. The molecule has 1 aliphatic rings. The van der Waals surface area contributed by atoms with E-state index in [-0.39, 0.29) is 0 Å². The Balaban J connectivity index is 1.91. The first-order valence-corrected chi connectivity index (χ1v) is 6.70. The molecule has 0 spiro atoms. The molecule has 0 amide bonds. The molecule has 1 aliphatic carbocycles. The van der Waals surface area contributed by atoms with Crippen molar-refractivity contribution < 1.29 is 4.42 Å². The molecular weight excluding hydrogens is 224 g/mol. The third-order valence-corrected chi connectivity index (χ3v) is 3.34. The molecule has 0 unspecified atom stereocenters. The fourth-order valence-electron chi connectivity index (χ4n) is 2.00. The van der Waals surface area contributed by atoms with Crippen LogP contribution in [0.1, 0.15) is 36.8 Å². The molecular formula is C15H22N2O. The lowest BCUT2D eigenvalue weighted by atomic mass is 10.2. The van der Waals surface area contributed by atoms with Crippen molar-refractivity contribution in [2.45, 2.75) is 45.8 Å². The van der Waals surface area contributed by atoms with Gasteiger partial charge >= 0.3 is 0 Å². The van der Waals surface area contributed by atoms with Crippen molar-refractivity contribution in [3.63, 3.8) is 0 Å². The topological polar surface area (TPSA) is 28.4 Å². The zero-order valence-electron chi connectivity index (χ0n) is 11.3. The Morgan fingerprint density at radius 3 is 2.94 bits per heavy atom. The van der Waals surface area contributed by atoms with E-state index in [0.29, 0.717) is 12.6 Å². The summed E-state index contributed by atoms with van der Waals surface area (Å²) < 4.78 is 5.90. The van der Waals surface area contributed by atoms with Crippen molar-refractivity contribution in [1.82, 2.24) is 10.2 Å². The minimum Gasteiger partial charge on any atom is -0.463 e. The highest BCUT2D eigenvalue weighted by Gasteiger charge is 2.21. The lowest BCUT2D eigenvalue weighted by molar-refractivity contribution is 0.280. The molecule has 1 heterocycles. The predicted molar refractivity (Wildman–Crippen MR) is 73.1 cm³/mol. The van der Waals surface area contributed by atoms with E-state index in [0.717, 1.165) is 31.2 Å². The first kappa shape index (κ1) is 13.2. The van der Waals surface area contributed by atoms with Crippen molar-refractivity contribution in [3.05, 3.63) is 23.2 Å². The fraction of sp³-hybridized carbons (Fsp3) is 0.600. The summed E-state index contributed by atoms with van der Waals surface area (Å²) in [6.07, 6.45) is 7.96. The summed E-state index contributed by atoms with van der Waals surface area (Å²) in [5.41, 5.74) is 1.23. The average Bonchev–Trinajstić information content (AvgIpc) is 3.11. The Morgan fingerprint density at radius 2 is 2.33 bits per heavy atom. The van der Waals surface area contributed by atoms with E-state index in [9.17, 15) is 0 Å². The molecule has 1 saturated carbocycles. The van der Waals surface area contributed by atoms with Gasteiger partial charge in [0, 0.05) is 6.04 Å².